The van der Waals surface area contributed by atoms with Gasteiger partial charge in [-0.1, -0.05) is 11.6 Å². The fraction of sp³-hybridized carbons (Fsp3) is 0.250. The Hall–Kier alpha value is -1.43. The lowest BCUT2D eigenvalue weighted by Gasteiger charge is -2.05. The van der Waals surface area contributed by atoms with Crippen LogP contribution in [-0.4, -0.2) is 22.7 Å². The van der Waals surface area contributed by atoms with Gasteiger partial charge in [-0.25, -0.2) is 4.98 Å². The van der Waals surface area contributed by atoms with Crippen LogP contribution in [0.2, 0.25) is 5.02 Å². The minimum Gasteiger partial charge on any atom is -0.481 e. The molecule has 0 aromatic carbocycles. The van der Waals surface area contributed by atoms with Gasteiger partial charge in [0.1, 0.15) is 0 Å². The molecule has 0 bridgehead atoms. The zero-order valence-electron chi connectivity index (χ0n) is 7.28. The molecule has 0 amide bonds. The van der Waals surface area contributed by atoms with Crippen molar-refractivity contribution < 1.29 is 23.4 Å². The summed E-state index contributed by atoms with van der Waals surface area (Å²) in [5.74, 6) is -1.53. The van der Waals surface area contributed by atoms with Crippen molar-refractivity contribution in [1.29, 1.82) is 0 Å². The van der Waals surface area contributed by atoms with Crippen LogP contribution in [0.25, 0.3) is 0 Å². The first-order chi connectivity index (χ1) is 6.97. The van der Waals surface area contributed by atoms with E-state index in [1.165, 1.54) is 6.07 Å². The maximum Gasteiger partial charge on any atom is 0.388 e. The highest BCUT2D eigenvalue weighted by molar-refractivity contribution is 6.30. The number of rotatable bonds is 4. The first kappa shape index (κ1) is 11.6. The van der Waals surface area contributed by atoms with E-state index in [9.17, 15) is 13.6 Å². The van der Waals surface area contributed by atoms with Crippen molar-refractivity contribution in [2.75, 3.05) is 0 Å². The summed E-state index contributed by atoms with van der Waals surface area (Å²) in [5, 5.41) is 8.55. The van der Waals surface area contributed by atoms with Crippen LogP contribution < -0.4 is 4.74 Å². The van der Waals surface area contributed by atoms with Gasteiger partial charge in [-0.2, -0.15) is 8.78 Å². The first-order valence-corrected chi connectivity index (χ1v) is 4.18. The number of ether oxygens (including phenoxy) is 1. The summed E-state index contributed by atoms with van der Waals surface area (Å²) >= 11 is 5.56. The predicted octanol–water partition coefficient (Wildman–Crippen LogP) is 1.96. The molecule has 0 aliphatic rings. The molecule has 4 nitrogen and oxygen atoms in total. The van der Waals surface area contributed by atoms with Crippen molar-refractivity contribution in [3.63, 3.8) is 0 Å². The van der Waals surface area contributed by atoms with Gasteiger partial charge in [0.15, 0.2) is 0 Å². The molecular formula is C8H6ClF2NO3. The molecule has 82 valence electrons. The van der Waals surface area contributed by atoms with Gasteiger partial charge in [0.2, 0.25) is 5.88 Å². The molecule has 0 radical (unpaired) electrons. The van der Waals surface area contributed by atoms with E-state index in [1.54, 1.807) is 0 Å². The normalized spacial score (nSPS) is 10.4. The highest BCUT2D eigenvalue weighted by Gasteiger charge is 2.10. The van der Waals surface area contributed by atoms with Crippen molar-refractivity contribution in [2.24, 2.45) is 0 Å². The number of aliphatic carboxylic acids is 1. The Morgan fingerprint density at radius 1 is 1.60 bits per heavy atom. The summed E-state index contributed by atoms with van der Waals surface area (Å²) in [7, 11) is 0. The fourth-order valence-corrected chi connectivity index (χ4v) is 1.14. The Bertz CT molecular complexity index is 373. The lowest BCUT2D eigenvalue weighted by molar-refractivity contribution is -0.136. The number of nitrogens with zero attached hydrogens (tertiary/aromatic N) is 1. The molecule has 0 saturated carbocycles. The molecule has 0 unspecified atom stereocenters. The van der Waals surface area contributed by atoms with Crippen molar-refractivity contribution in [2.45, 2.75) is 13.0 Å². The Morgan fingerprint density at radius 3 is 2.80 bits per heavy atom. The SMILES string of the molecule is O=C(O)Cc1cc(Cl)cc(OC(F)F)n1. The van der Waals surface area contributed by atoms with E-state index >= 15 is 0 Å². The predicted molar refractivity (Wildman–Crippen MR) is 47.2 cm³/mol. The topological polar surface area (TPSA) is 59.4 Å². The van der Waals surface area contributed by atoms with Crippen LogP contribution in [0.4, 0.5) is 8.78 Å². The molecule has 7 heteroatoms. The quantitative estimate of drug-likeness (QED) is 0.870. The van der Waals surface area contributed by atoms with Crippen LogP contribution in [0, 0.1) is 0 Å². The molecule has 1 N–H and O–H groups in total. The van der Waals surface area contributed by atoms with E-state index in [4.69, 9.17) is 16.7 Å². The number of hydrogen-bond donors (Lipinski definition) is 1. The average molecular weight is 238 g/mol. The lowest BCUT2D eigenvalue weighted by Crippen LogP contribution is -2.07. The number of alkyl halides is 2. The van der Waals surface area contributed by atoms with Crippen molar-refractivity contribution >= 4 is 17.6 Å². The number of hydrogen-bond acceptors (Lipinski definition) is 3. The minimum absolute atomic E-state index is 0.0608. The summed E-state index contributed by atoms with van der Waals surface area (Å²) in [6, 6.07) is 2.35. The maximum atomic E-state index is 11.8. The first-order valence-electron chi connectivity index (χ1n) is 3.80. The number of carbonyl (C=O) groups is 1. The van der Waals surface area contributed by atoms with Crippen LogP contribution in [0.1, 0.15) is 5.69 Å². The summed E-state index contributed by atoms with van der Waals surface area (Å²) in [6.07, 6.45) is -0.403. The van der Waals surface area contributed by atoms with Gasteiger partial charge in [-0.05, 0) is 6.07 Å². The summed E-state index contributed by atoms with van der Waals surface area (Å²) in [4.78, 5) is 13.9. The van der Waals surface area contributed by atoms with E-state index in [0.29, 0.717) is 0 Å². The third-order valence-corrected chi connectivity index (χ3v) is 1.58. The second-order valence-corrected chi connectivity index (χ2v) is 3.00. The fourth-order valence-electron chi connectivity index (χ4n) is 0.922. The summed E-state index contributed by atoms with van der Waals surface area (Å²) in [5.41, 5.74) is 0.0608. The average Bonchev–Trinajstić information content (AvgIpc) is 1.98. The van der Waals surface area contributed by atoms with Gasteiger partial charge < -0.3 is 9.84 Å². The van der Waals surface area contributed by atoms with E-state index < -0.39 is 24.9 Å². The van der Waals surface area contributed by atoms with Gasteiger partial charge in [-0.15, -0.1) is 0 Å². The van der Waals surface area contributed by atoms with Crippen LogP contribution in [0.5, 0.6) is 5.88 Å². The number of halogens is 3. The molecule has 1 aromatic heterocycles. The van der Waals surface area contributed by atoms with E-state index in [2.05, 4.69) is 9.72 Å². The molecule has 15 heavy (non-hydrogen) atoms. The molecule has 0 fully saturated rings. The number of pyridine rings is 1. The van der Waals surface area contributed by atoms with Gasteiger partial charge in [0.25, 0.3) is 0 Å². The van der Waals surface area contributed by atoms with Gasteiger partial charge in [-0.3, -0.25) is 4.79 Å². The smallest absolute Gasteiger partial charge is 0.388 e. The molecule has 0 atom stereocenters. The molecular weight excluding hydrogens is 232 g/mol. The Labute approximate surface area is 88.4 Å². The zero-order valence-corrected chi connectivity index (χ0v) is 8.04. The van der Waals surface area contributed by atoms with Gasteiger partial charge in [0.05, 0.1) is 12.1 Å². The second-order valence-electron chi connectivity index (χ2n) is 2.56. The molecule has 0 spiro atoms. The Morgan fingerprint density at radius 2 is 2.27 bits per heavy atom. The highest BCUT2D eigenvalue weighted by atomic mass is 35.5. The molecule has 0 aliphatic heterocycles. The summed E-state index contributed by atoms with van der Waals surface area (Å²) in [6.45, 7) is -3.02. The molecule has 0 aliphatic carbocycles. The van der Waals surface area contributed by atoms with Crippen molar-refractivity contribution in [1.82, 2.24) is 4.98 Å². The van der Waals surface area contributed by atoms with Crippen molar-refractivity contribution in [3.05, 3.63) is 22.8 Å². The third-order valence-electron chi connectivity index (χ3n) is 1.36. The number of carboxylic acid groups (broad SMARTS) is 1. The largest absolute Gasteiger partial charge is 0.481 e. The van der Waals surface area contributed by atoms with Crippen LogP contribution in [0.3, 0.4) is 0 Å². The van der Waals surface area contributed by atoms with Crippen molar-refractivity contribution in [3.8, 4) is 5.88 Å². The monoisotopic (exact) mass is 237 g/mol. The lowest BCUT2D eigenvalue weighted by atomic mass is 10.3. The van der Waals surface area contributed by atoms with E-state index in [-0.39, 0.29) is 10.7 Å². The number of carboxylic acids is 1. The van der Waals surface area contributed by atoms with Crippen LogP contribution in [0.15, 0.2) is 12.1 Å². The van der Waals surface area contributed by atoms with Crippen LogP contribution >= 0.6 is 11.6 Å². The molecule has 1 rings (SSSR count). The van der Waals surface area contributed by atoms with Gasteiger partial charge in [0, 0.05) is 11.1 Å². The van der Waals surface area contributed by atoms with Crippen LogP contribution in [-0.2, 0) is 11.2 Å². The van der Waals surface area contributed by atoms with E-state index in [0.717, 1.165) is 6.07 Å². The Balaban J connectivity index is 2.89. The standard InChI is InChI=1S/C8H6ClF2NO3/c9-4-1-5(3-7(13)14)12-6(2-4)15-8(10)11/h1-2,8H,3H2,(H,13,14). The zero-order chi connectivity index (χ0) is 11.4. The molecule has 1 heterocycles. The molecule has 1 aromatic rings. The highest BCUT2D eigenvalue weighted by Crippen LogP contribution is 2.19. The second kappa shape index (κ2) is 4.88. The van der Waals surface area contributed by atoms with E-state index in [1.807, 2.05) is 0 Å². The Kier molecular flexibility index (Phi) is 3.79. The maximum absolute atomic E-state index is 11.8. The summed E-state index contributed by atoms with van der Waals surface area (Å²) < 4.78 is 27.6. The minimum atomic E-state index is -3.02. The third kappa shape index (κ3) is 4.07. The number of aromatic nitrogens is 1. The molecule has 0 saturated heterocycles. The van der Waals surface area contributed by atoms with Gasteiger partial charge >= 0.3 is 12.6 Å².